The first-order chi connectivity index (χ1) is 11.5. The maximum absolute atomic E-state index is 12.3. The normalized spacial score (nSPS) is 11.2. The fraction of sp³-hybridized carbons (Fsp3) is 0. The fourth-order valence-corrected chi connectivity index (χ4v) is 3.74. The van der Waals surface area contributed by atoms with Crippen molar-refractivity contribution in [3.8, 4) is 10.6 Å². The Balaban J connectivity index is 1.80. The molecule has 2 N–H and O–H groups in total. The second-order valence-corrected chi connectivity index (χ2v) is 7.43. The number of aromatic nitrogens is 1. The van der Waals surface area contributed by atoms with Gasteiger partial charge in [0, 0.05) is 22.8 Å². The number of aromatic carboxylic acids is 1. The summed E-state index contributed by atoms with van der Waals surface area (Å²) in [7, 11) is -3.78. The fourth-order valence-electron chi connectivity index (χ4n) is 2.04. The molecule has 0 atom stereocenters. The molecule has 0 amide bonds. The van der Waals surface area contributed by atoms with Crippen LogP contribution in [0.15, 0.2) is 65.0 Å². The largest absolute Gasteiger partial charge is 0.478 e. The third-order valence-corrected chi connectivity index (χ3v) is 5.45. The van der Waals surface area contributed by atoms with E-state index in [1.54, 1.807) is 30.5 Å². The lowest BCUT2D eigenvalue weighted by molar-refractivity contribution is 0.0696. The predicted molar refractivity (Wildman–Crippen MR) is 91.8 cm³/mol. The van der Waals surface area contributed by atoms with Gasteiger partial charge in [-0.1, -0.05) is 0 Å². The van der Waals surface area contributed by atoms with Crippen LogP contribution in [0.1, 0.15) is 10.4 Å². The van der Waals surface area contributed by atoms with E-state index in [0.29, 0.717) is 5.69 Å². The van der Waals surface area contributed by atoms with Crippen LogP contribution in [-0.4, -0.2) is 24.5 Å². The van der Waals surface area contributed by atoms with Crippen LogP contribution in [0.5, 0.6) is 0 Å². The number of hydrogen-bond acceptors (Lipinski definition) is 5. The van der Waals surface area contributed by atoms with Gasteiger partial charge < -0.3 is 5.11 Å². The van der Waals surface area contributed by atoms with Gasteiger partial charge in [-0.3, -0.25) is 4.72 Å². The van der Waals surface area contributed by atoms with E-state index in [1.165, 1.54) is 35.6 Å². The topological polar surface area (TPSA) is 96.4 Å². The van der Waals surface area contributed by atoms with Crippen molar-refractivity contribution < 1.29 is 18.3 Å². The van der Waals surface area contributed by atoms with Crippen LogP contribution >= 0.6 is 11.3 Å². The number of anilines is 1. The molecule has 0 radical (unpaired) electrons. The molecule has 0 aliphatic carbocycles. The highest BCUT2D eigenvalue weighted by Crippen LogP contribution is 2.24. The van der Waals surface area contributed by atoms with Crippen LogP contribution in [0.4, 0.5) is 5.69 Å². The summed E-state index contributed by atoms with van der Waals surface area (Å²) < 4.78 is 27.1. The molecule has 1 heterocycles. The Hall–Kier alpha value is -2.71. The molecule has 6 nitrogen and oxygen atoms in total. The van der Waals surface area contributed by atoms with Crippen LogP contribution in [0.3, 0.4) is 0 Å². The number of thiazole rings is 1. The molecule has 0 aliphatic heterocycles. The molecule has 3 rings (SSSR count). The van der Waals surface area contributed by atoms with Crippen LogP contribution in [-0.2, 0) is 10.0 Å². The van der Waals surface area contributed by atoms with Gasteiger partial charge >= 0.3 is 5.97 Å². The summed E-state index contributed by atoms with van der Waals surface area (Å²) in [5.41, 5.74) is 1.35. The number of carboxylic acid groups (broad SMARTS) is 1. The molecule has 2 aromatic carbocycles. The van der Waals surface area contributed by atoms with E-state index in [2.05, 4.69) is 9.71 Å². The SMILES string of the molecule is O=C(O)c1ccc(S(=O)(=O)Nc2ccc(-c3nccs3)cc2)cc1. The van der Waals surface area contributed by atoms with E-state index in [9.17, 15) is 13.2 Å². The van der Waals surface area contributed by atoms with Crippen LogP contribution in [0.25, 0.3) is 10.6 Å². The second-order valence-electron chi connectivity index (χ2n) is 4.85. The summed E-state index contributed by atoms with van der Waals surface area (Å²) in [5, 5.41) is 11.6. The summed E-state index contributed by atoms with van der Waals surface area (Å²) in [6.07, 6.45) is 1.71. The lowest BCUT2D eigenvalue weighted by Crippen LogP contribution is -2.13. The average molecular weight is 360 g/mol. The van der Waals surface area contributed by atoms with Gasteiger partial charge in [-0.05, 0) is 48.5 Å². The Morgan fingerprint density at radius 3 is 2.25 bits per heavy atom. The standard InChI is InChI=1S/C16H12N2O4S2/c19-16(20)12-3-7-14(8-4-12)24(21,22)18-13-5-1-11(2-6-13)15-17-9-10-23-15/h1-10,18H,(H,19,20). The Morgan fingerprint density at radius 1 is 1.04 bits per heavy atom. The van der Waals surface area contributed by atoms with Crippen molar-refractivity contribution in [1.29, 1.82) is 0 Å². The molecule has 8 heteroatoms. The summed E-state index contributed by atoms with van der Waals surface area (Å²) in [5.74, 6) is -1.11. The van der Waals surface area contributed by atoms with Crippen molar-refractivity contribution in [3.05, 3.63) is 65.7 Å². The predicted octanol–water partition coefficient (Wildman–Crippen LogP) is 3.31. The van der Waals surface area contributed by atoms with E-state index in [0.717, 1.165) is 10.6 Å². The van der Waals surface area contributed by atoms with E-state index in [-0.39, 0.29) is 10.5 Å². The molecule has 0 spiro atoms. The zero-order valence-electron chi connectivity index (χ0n) is 12.2. The Kier molecular flexibility index (Phi) is 4.32. The first kappa shape index (κ1) is 16.2. The van der Waals surface area contributed by atoms with Crippen molar-refractivity contribution in [2.75, 3.05) is 4.72 Å². The maximum Gasteiger partial charge on any atom is 0.335 e. The molecule has 0 aliphatic rings. The van der Waals surface area contributed by atoms with Gasteiger partial charge in [-0.25, -0.2) is 18.2 Å². The number of rotatable bonds is 5. The number of sulfonamides is 1. The maximum atomic E-state index is 12.3. The smallest absolute Gasteiger partial charge is 0.335 e. The van der Waals surface area contributed by atoms with Gasteiger partial charge in [0.1, 0.15) is 5.01 Å². The summed E-state index contributed by atoms with van der Waals surface area (Å²) >= 11 is 1.50. The number of nitrogens with one attached hydrogen (secondary N) is 1. The average Bonchev–Trinajstić information content (AvgIpc) is 3.10. The lowest BCUT2D eigenvalue weighted by Gasteiger charge is -2.08. The van der Waals surface area contributed by atoms with Crippen molar-refractivity contribution in [1.82, 2.24) is 4.98 Å². The number of hydrogen-bond donors (Lipinski definition) is 2. The van der Waals surface area contributed by atoms with Crippen molar-refractivity contribution in [2.45, 2.75) is 4.90 Å². The molecule has 0 saturated heterocycles. The first-order valence-corrected chi connectivity index (χ1v) is 9.18. The Labute approximate surface area is 142 Å². The second kappa shape index (κ2) is 6.42. The van der Waals surface area contributed by atoms with Gasteiger partial charge in [0.05, 0.1) is 10.5 Å². The van der Waals surface area contributed by atoms with Gasteiger partial charge in [-0.15, -0.1) is 11.3 Å². The number of carbonyl (C=O) groups is 1. The quantitative estimate of drug-likeness (QED) is 0.728. The molecule has 0 fully saturated rings. The molecule has 3 aromatic rings. The Bertz CT molecular complexity index is 948. The van der Waals surface area contributed by atoms with Crippen molar-refractivity contribution in [2.24, 2.45) is 0 Å². The number of carboxylic acids is 1. The van der Waals surface area contributed by atoms with Gasteiger partial charge in [0.25, 0.3) is 10.0 Å². The molecule has 0 unspecified atom stereocenters. The van der Waals surface area contributed by atoms with Crippen LogP contribution in [0, 0.1) is 0 Å². The zero-order chi connectivity index (χ0) is 17.2. The highest BCUT2D eigenvalue weighted by molar-refractivity contribution is 7.92. The van der Waals surface area contributed by atoms with Crippen molar-refractivity contribution >= 4 is 33.0 Å². The molecule has 1 aromatic heterocycles. The van der Waals surface area contributed by atoms with Gasteiger partial charge in [0.15, 0.2) is 0 Å². The lowest BCUT2D eigenvalue weighted by atomic mass is 10.2. The van der Waals surface area contributed by atoms with E-state index in [1.807, 2.05) is 5.38 Å². The Morgan fingerprint density at radius 2 is 1.71 bits per heavy atom. The minimum Gasteiger partial charge on any atom is -0.478 e. The zero-order valence-corrected chi connectivity index (χ0v) is 13.8. The molecular formula is C16H12N2O4S2. The first-order valence-electron chi connectivity index (χ1n) is 6.82. The minimum absolute atomic E-state index is 0.00324. The van der Waals surface area contributed by atoms with E-state index in [4.69, 9.17) is 5.11 Å². The molecule has 24 heavy (non-hydrogen) atoms. The monoisotopic (exact) mass is 360 g/mol. The molecule has 0 bridgehead atoms. The van der Waals surface area contributed by atoms with Gasteiger partial charge in [-0.2, -0.15) is 0 Å². The van der Waals surface area contributed by atoms with Crippen LogP contribution in [0.2, 0.25) is 0 Å². The van der Waals surface area contributed by atoms with Crippen molar-refractivity contribution in [3.63, 3.8) is 0 Å². The third-order valence-electron chi connectivity index (χ3n) is 3.23. The molecule has 0 saturated carbocycles. The minimum atomic E-state index is -3.78. The van der Waals surface area contributed by atoms with E-state index >= 15 is 0 Å². The summed E-state index contributed by atoms with van der Waals surface area (Å²) in [6.45, 7) is 0. The summed E-state index contributed by atoms with van der Waals surface area (Å²) in [6, 6.07) is 11.9. The number of benzene rings is 2. The highest BCUT2D eigenvalue weighted by Gasteiger charge is 2.15. The van der Waals surface area contributed by atoms with Crippen LogP contribution < -0.4 is 4.72 Å². The number of nitrogens with zero attached hydrogens (tertiary/aromatic N) is 1. The summed E-state index contributed by atoms with van der Waals surface area (Å²) in [4.78, 5) is 15.0. The third kappa shape index (κ3) is 3.44. The molecular weight excluding hydrogens is 348 g/mol. The van der Waals surface area contributed by atoms with Gasteiger partial charge in [0.2, 0.25) is 0 Å². The highest BCUT2D eigenvalue weighted by atomic mass is 32.2. The molecule has 122 valence electrons. The van der Waals surface area contributed by atoms with E-state index < -0.39 is 16.0 Å².